The maximum atomic E-state index is 12.4. The van der Waals surface area contributed by atoms with Crippen LogP contribution in [0.1, 0.15) is 33.8 Å². The third kappa shape index (κ3) is 3.83. The number of nitro benzene ring substituents is 1. The number of Topliss-reactive ketones (excluding diaryl/α,β-unsaturated/α-hetero) is 1. The third-order valence-electron chi connectivity index (χ3n) is 4.04. The van der Waals surface area contributed by atoms with E-state index in [0.717, 1.165) is 11.1 Å². The fourth-order valence-corrected chi connectivity index (χ4v) is 2.68. The summed E-state index contributed by atoms with van der Waals surface area (Å²) in [6.45, 7) is 3.90. The molecular weight excluding hydrogens is 334 g/mol. The minimum absolute atomic E-state index is 0.00690. The van der Waals surface area contributed by atoms with Gasteiger partial charge in [-0.15, -0.1) is 10.2 Å². The second-order valence-corrected chi connectivity index (χ2v) is 6.05. The van der Waals surface area contributed by atoms with Gasteiger partial charge in [-0.3, -0.25) is 14.9 Å². The molecule has 7 nitrogen and oxygen atoms in total. The highest BCUT2D eigenvalue weighted by atomic mass is 16.6. The molecule has 3 rings (SSSR count). The van der Waals surface area contributed by atoms with Gasteiger partial charge in [-0.05, 0) is 31.5 Å². The molecule has 0 amide bonds. The molecule has 0 N–H and O–H groups in total. The summed E-state index contributed by atoms with van der Waals surface area (Å²) in [7, 11) is 0. The number of ketones is 1. The molecular formula is C19H17N3O4. The average Bonchev–Trinajstić information content (AvgIpc) is 3.09. The fourth-order valence-electron chi connectivity index (χ4n) is 2.68. The van der Waals surface area contributed by atoms with Gasteiger partial charge in [0, 0.05) is 36.1 Å². The van der Waals surface area contributed by atoms with E-state index in [4.69, 9.17) is 4.42 Å². The lowest BCUT2D eigenvalue weighted by Gasteiger charge is -2.05. The molecule has 1 aromatic heterocycles. The summed E-state index contributed by atoms with van der Waals surface area (Å²) >= 11 is 0. The molecule has 0 bridgehead atoms. The number of hydrogen-bond acceptors (Lipinski definition) is 6. The molecule has 0 aliphatic carbocycles. The van der Waals surface area contributed by atoms with Crippen LogP contribution in [0.3, 0.4) is 0 Å². The maximum absolute atomic E-state index is 12.4. The Morgan fingerprint density at radius 3 is 2.50 bits per heavy atom. The molecule has 0 radical (unpaired) electrons. The summed E-state index contributed by atoms with van der Waals surface area (Å²) in [5, 5.41) is 18.6. The van der Waals surface area contributed by atoms with Crippen molar-refractivity contribution < 1.29 is 14.1 Å². The third-order valence-corrected chi connectivity index (χ3v) is 4.04. The van der Waals surface area contributed by atoms with E-state index in [1.54, 1.807) is 12.1 Å². The zero-order valence-electron chi connectivity index (χ0n) is 14.4. The number of non-ortho nitro benzene ring substituents is 1. The standard InChI is InChI=1S/C19H17N3O4/c1-12-3-8-16(13(2)11-12)17(23)9-10-18-20-21-19(26-18)14-4-6-15(7-5-14)22(24)25/h3-8,11H,9-10H2,1-2H3. The Morgan fingerprint density at radius 1 is 1.12 bits per heavy atom. The van der Waals surface area contributed by atoms with E-state index < -0.39 is 4.92 Å². The van der Waals surface area contributed by atoms with Crippen molar-refractivity contribution in [3.05, 3.63) is 75.2 Å². The van der Waals surface area contributed by atoms with Crippen LogP contribution in [0, 0.1) is 24.0 Å². The van der Waals surface area contributed by atoms with E-state index in [1.807, 2.05) is 32.0 Å². The van der Waals surface area contributed by atoms with E-state index >= 15 is 0 Å². The van der Waals surface area contributed by atoms with Gasteiger partial charge in [-0.2, -0.15) is 0 Å². The van der Waals surface area contributed by atoms with E-state index in [0.29, 0.717) is 23.4 Å². The van der Waals surface area contributed by atoms with Crippen LogP contribution in [0.2, 0.25) is 0 Å². The van der Waals surface area contributed by atoms with Crippen LogP contribution in [-0.2, 0) is 6.42 Å². The lowest BCUT2D eigenvalue weighted by molar-refractivity contribution is -0.384. The van der Waals surface area contributed by atoms with Gasteiger partial charge < -0.3 is 4.42 Å². The molecule has 0 saturated carbocycles. The Bertz CT molecular complexity index is 961. The zero-order valence-corrected chi connectivity index (χ0v) is 14.4. The molecule has 0 aliphatic rings. The second kappa shape index (κ2) is 7.26. The first-order valence-electron chi connectivity index (χ1n) is 8.11. The zero-order chi connectivity index (χ0) is 18.7. The van der Waals surface area contributed by atoms with Gasteiger partial charge in [-0.1, -0.05) is 23.8 Å². The molecule has 0 fully saturated rings. The molecule has 0 spiro atoms. The number of rotatable bonds is 6. The van der Waals surface area contributed by atoms with Gasteiger partial charge in [0.15, 0.2) is 5.78 Å². The quantitative estimate of drug-likeness (QED) is 0.377. The number of aromatic nitrogens is 2. The Labute approximate surface area is 149 Å². The Hall–Kier alpha value is -3.35. The number of carbonyl (C=O) groups excluding carboxylic acids is 1. The lowest BCUT2D eigenvalue weighted by atomic mass is 10.00. The van der Waals surface area contributed by atoms with Crippen molar-refractivity contribution in [1.29, 1.82) is 0 Å². The molecule has 0 saturated heterocycles. The molecule has 132 valence electrons. The first-order valence-corrected chi connectivity index (χ1v) is 8.11. The van der Waals surface area contributed by atoms with E-state index in [1.165, 1.54) is 12.1 Å². The van der Waals surface area contributed by atoms with Crippen LogP contribution in [0.15, 0.2) is 46.9 Å². The summed E-state index contributed by atoms with van der Waals surface area (Å²) in [5.74, 6) is 0.655. The van der Waals surface area contributed by atoms with Crippen molar-refractivity contribution in [3.8, 4) is 11.5 Å². The smallest absolute Gasteiger partial charge is 0.269 e. The molecule has 2 aromatic carbocycles. The van der Waals surface area contributed by atoms with E-state index in [-0.39, 0.29) is 23.8 Å². The maximum Gasteiger partial charge on any atom is 0.269 e. The summed E-state index contributed by atoms with van der Waals surface area (Å²) in [5.41, 5.74) is 3.35. The van der Waals surface area contributed by atoms with Crippen molar-refractivity contribution in [3.63, 3.8) is 0 Å². The van der Waals surface area contributed by atoms with Gasteiger partial charge in [0.1, 0.15) is 0 Å². The molecule has 7 heteroatoms. The number of nitro groups is 1. The first-order chi connectivity index (χ1) is 12.4. The largest absolute Gasteiger partial charge is 0.421 e. The van der Waals surface area contributed by atoms with Crippen LogP contribution >= 0.6 is 0 Å². The van der Waals surface area contributed by atoms with Crippen molar-refractivity contribution >= 4 is 11.5 Å². The van der Waals surface area contributed by atoms with Gasteiger partial charge >= 0.3 is 0 Å². The first kappa shape index (κ1) is 17.5. The van der Waals surface area contributed by atoms with Crippen molar-refractivity contribution in [2.45, 2.75) is 26.7 Å². The van der Waals surface area contributed by atoms with Gasteiger partial charge in [-0.25, -0.2) is 0 Å². The number of aryl methyl sites for hydroxylation is 3. The molecule has 0 atom stereocenters. The van der Waals surface area contributed by atoms with Crippen molar-refractivity contribution in [1.82, 2.24) is 10.2 Å². The lowest BCUT2D eigenvalue weighted by Crippen LogP contribution is -2.04. The average molecular weight is 351 g/mol. The highest BCUT2D eigenvalue weighted by Gasteiger charge is 2.14. The van der Waals surface area contributed by atoms with Crippen LogP contribution < -0.4 is 0 Å². The fraction of sp³-hybridized carbons (Fsp3) is 0.211. The molecule has 0 aliphatic heterocycles. The molecule has 1 heterocycles. The molecule has 3 aromatic rings. The predicted molar refractivity (Wildman–Crippen MR) is 95.0 cm³/mol. The summed E-state index contributed by atoms with van der Waals surface area (Å²) in [4.78, 5) is 22.6. The highest BCUT2D eigenvalue weighted by Crippen LogP contribution is 2.22. The van der Waals surface area contributed by atoms with E-state index in [9.17, 15) is 14.9 Å². The van der Waals surface area contributed by atoms with Crippen molar-refractivity contribution in [2.75, 3.05) is 0 Å². The highest BCUT2D eigenvalue weighted by molar-refractivity contribution is 5.97. The topological polar surface area (TPSA) is 99.1 Å². The normalized spacial score (nSPS) is 10.7. The Balaban J connectivity index is 1.66. The summed E-state index contributed by atoms with van der Waals surface area (Å²) < 4.78 is 5.56. The number of nitrogens with zero attached hydrogens (tertiary/aromatic N) is 3. The summed E-state index contributed by atoms with van der Waals surface area (Å²) in [6.07, 6.45) is 0.609. The van der Waals surface area contributed by atoms with Crippen molar-refractivity contribution in [2.24, 2.45) is 0 Å². The van der Waals surface area contributed by atoms with Gasteiger partial charge in [0.25, 0.3) is 5.69 Å². The molecule has 26 heavy (non-hydrogen) atoms. The second-order valence-electron chi connectivity index (χ2n) is 6.05. The van der Waals surface area contributed by atoms with Crippen LogP contribution in [0.25, 0.3) is 11.5 Å². The summed E-state index contributed by atoms with van der Waals surface area (Å²) in [6, 6.07) is 11.6. The van der Waals surface area contributed by atoms with Gasteiger partial charge in [0.2, 0.25) is 11.8 Å². The number of carbonyl (C=O) groups is 1. The van der Waals surface area contributed by atoms with Crippen LogP contribution in [0.4, 0.5) is 5.69 Å². The van der Waals surface area contributed by atoms with Crippen LogP contribution in [0.5, 0.6) is 0 Å². The number of hydrogen-bond donors (Lipinski definition) is 0. The van der Waals surface area contributed by atoms with Crippen LogP contribution in [-0.4, -0.2) is 20.9 Å². The molecule has 0 unspecified atom stereocenters. The minimum atomic E-state index is -0.471. The number of benzene rings is 2. The minimum Gasteiger partial charge on any atom is -0.421 e. The Kier molecular flexibility index (Phi) is 4.88. The monoisotopic (exact) mass is 351 g/mol. The SMILES string of the molecule is Cc1ccc(C(=O)CCc2nnc(-c3ccc([N+](=O)[O-])cc3)o2)c(C)c1. The van der Waals surface area contributed by atoms with E-state index in [2.05, 4.69) is 10.2 Å². The van der Waals surface area contributed by atoms with Gasteiger partial charge in [0.05, 0.1) is 4.92 Å². The Morgan fingerprint density at radius 2 is 1.85 bits per heavy atom. The predicted octanol–water partition coefficient (Wildman–Crippen LogP) is 4.08.